The van der Waals surface area contributed by atoms with Crippen molar-refractivity contribution >= 4 is 33.2 Å². The summed E-state index contributed by atoms with van der Waals surface area (Å²) in [6.07, 6.45) is 3.39. The molecule has 1 fully saturated rings. The Bertz CT molecular complexity index is 1080. The fourth-order valence-corrected chi connectivity index (χ4v) is 5.91. The topological polar surface area (TPSA) is 47.5 Å². The van der Waals surface area contributed by atoms with E-state index < -0.39 is 0 Å². The summed E-state index contributed by atoms with van der Waals surface area (Å²) in [5.74, 6) is 3.01. The summed E-state index contributed by atoms with van der Waals surface area (Å²) in [4.78, 5) is 14.7. The minimum absolute atomic E-state index is 0.681. The first-order valence-corrected chi connectivity index (χ1v) is 11.8. The van der Waals surface area contributed by atoms with Crippen molar-refractivity contribution < 1.29 is 9.47 Å². The highest BCUT2D eigenvalue weighted by atomic mass is 35.5. The van der Waals surface area contributed by atoms with Crippen LogP contribution in [0.4, 0.5) is 0 Å². The van der Waals surface area contributed by atoms with Crippen LogP contribution < -0.4 is 4.74 Å². The minimum Gasteiger partial charge on any atom is -0.438 e. The van der Waals surface area contributed by atoms with Gasteiger partial charge in [-0.3, -0.25) is 4.90 Å². The normalized spacial score (nSPS) is 19.8. The summed E-state index contributed by atoms with van der Waals surface area (Å²) in [6.45, 7) is 8.41. The van der Waals surface area contributed by atoms with Crippen molar-refractivity contribution in [3.8, 4) is 11.6 Å². The molecule has 5 nitrogen and oxygen atoms in total. The third kappa shape index (κ3) is 4.06. The zero-order valence-corrected chi connectivity index (χ0v) is 19.0. The van der Waals surface area contributed by atoms with E-state index in [1.54, 1.807) is 0 Å². The molecule has 2 aliphatic rings. The largest absolute Gasteiger partial charge is 0.438 e. The SMILES string of the molecule is Cc1cc(Cl)ccc1Oc1nc(CN2CCOCC2)nc2sc3c(c12)CC[C@@H](C)C3. The Morgan fingerprint density at radius 3 is 2.90 bits per heavy atom. The molecule has 30 heavy (non-hydrogen) atoms. The predicted octanol–water partition coefficient (Wildman–Crippen LogP) is 5.40. The van der Waals surface area contributed by atoms with Crippen molar-refractivity contribution in [2.24, 2.45) is 5.92 Å². The Balaban J connectivity index is 1.57. The van der Waals surface area contributed by atoms with Gasteiger partial charge in [0.15, 0.2) is 0 Å². The number of fused-ring (bicyclic) bond motifs is 3. The van der Waals surface area contributed by atoms with Gasteiger partial charge in [-0.25, -0.2) is 4.98 Å². The van der Waals surface area contributed by atoms with Gasteiger partial charge in [0.25, 0.3) is 0 Å². The van der Waals surface area contributed by atoms with E-state index in [0.717, 1.165) is 66.5 Å². The van der Waals surface area contributed by atoms with Crippen LogP contribution in [0.25, 0.3) is 10.2 Å². The Kier molecular flexibility index (Phi) is 5.67. The molecule has 1 atom stereocenters. The first-order valence-electron chi connectivity index (χ1n) is 10.6. The highest BCUT2D eigenvalue weighted by Crippen LogP contribution is 2.42. The van der Waals surface area contributed by atoms with Gasteiger partial charge in [-0.05, 0) is 61.4 Å². The van der Waals surface area contributed by atoms with Crippen LogP contribution >= 0.6 is 22.9 Å². The number of morpholine rings is 1. The van der Waals surface area contributed by atoms with Crippen LogP contribution in [-0.4, -0.2) is 41.2 Å². The molecule has 3 heterocycles. The standard InChI is InChI=1S/C23H26ClN3O2S/c1-14-3-5-17-19(11-14)30-23-21(17)22(29-18-6-4-16(24)12-15(18)2)25-20(26-23)13-27-7-9-28-10-8-27/h4,6,12,14H,3,5,7-11,13H2,1-2H3/t14-/m1/s1. The molecule has 7 heteroatoms. The van der Waals surface area contributed by atoms with Crippen LogP contribution in [0.3, 0.4) is 0 Å². The molecule has 0 N–H and O–H groups in total. The van der Waals surface area contributed by atoms with Crippen LogP contribution in [0.5, 0.6) is 11.6 Å². The van der Waals surface area contributed by atoms with Gasteiger partial charge in [0.1, 0.15) is 16.4 Å². The molecular weight excluding hydrogens is 418 g/mol. The lowest BCUT2D eigenvalue weighted by molar-refractivity contribution is 0.0330. The quantitative estimate of drug-likeness (QED) is 0.540. The van der Waals surface area contributed by atoms with Crippen molar-refractivity contribution in [1.82, 2.24) is 14.9 Å². The fraction of sp³-hybridized carbons (Fsp3) is 0.478. The molecule has 0 radical (unpaired) electrons. The number of thiophene rings is 1. The van der Waals surface area contributed by atoms with Crippen LogP contribution in [-0.2, 0) is 24.1 Å². The van der Waals surface area contributed by atoms with Crippen molar-refractivity contribution in [2.75, 3.05) is 26.3 Å². The van der Waals surface area contributed by atoms with Gasteiger partial charge in [-0.15, -0.1) is 11.3 Å². The molecule has 1 aliphatic carbocycles. The lowest BCUT2D eigenvalue weighted by Gasteiger charge is -2.25. The van der Waals surface area contributed by atoms with Gasteiger partial charge in [-0.1, -0.05) is 18.5 Å². The summed E-state index contributed by atoms with van der Waals surface area (Å²) in [6, 6.07) is 5.71. The molecule has 5 rings (SSSR count). The van der Waals surface area contributed by atoms with Crippen LogP contribution in [0.1, 0.15) is 35.2 Å². The zero-order valence-electron chi connectivity index (χ0n) is 17.4. The zero-order chi connectivity index (χ0) is 20.7. The molecule has 1 aliphatic heterocycles. The number of nitrogens with zero attached hydrogens (tertiary/aromatic N) is 3. The average Bonchev–Trinajstić information content (AvgIpc) is 3.08. The summed E-state index contributed by atoms with van der Waals surface area (Å²) in [5.41, 5.74) is 2.38. The van der Waals surface area contributed by atoms with Crippen molar-refractivity contribution in [1.29, 1.82) is 0 Å². The number of hydrogen-bond acceptors (Lipinski definition) is 6. The second-order valence-electron chi connectivity index (χ2n) is 8.38. The number of halogens is 1. The molecule has 2 aromatic heterocycles. The van der Waals surface area contributed by atoms with Gasteiger partial charge >= 0.3 is 0 Å². The first kappa shape index (κ1) is 20.2. The van der Waals surface area contributed by atoms with Gasteiger partial charge in [0.2, 0.25) is 5.88 Å². The Morgan fingerprint density at radius 1 is 1.27 bits per heavy atom. The minimum atomic E-state index is 0.681. The van der Waals surface area contributed by atoms with E-state index in [0.29, 0.717) is 23.4 Å². The van der Waals surface area contributed by atoms with E-state index in [-0.39, 0.29) is 0 Å². The van der Waals surface area contributed by atoms with Gasteiger partial charge in [-0.2, -0.15) is 4.98 Å². The summed E-state index contributed by atoms with van der Waals surface area (Å²) in [7, 11) is 0. The second kappa shape index (κ2) is 8.42. The predicted molar refractivity (Wildman–Crippen MR) is 121 cm³/mol. The summed E-state index contributed by atoms with van der Waals surface area (Å²) >= 11 is 7.96. The van der Waals surface area contributed by atoms with Crippen molar-refractivity contribution in [2.45, 2.75) is 39.7 Å². The van der Waals surface area contributed by atoms with Crippen LogP contribution in [0.15, 0.2) is 18.2 Å². The van der Waals surface area contributed by atoms with E-state index >= 15 is 0 Å². The number of rotatable bonds is 4. The lowest BCUT2D eigenvalue weighted by atomic mass is 9.89. The first-order chi connectivity index (χ1) is 14.6. The Hall–Kier alpha value is -1.73. The molecule has 0 bridgehead atoms. The van der Waals surface area contributed by atoms with Gasteiger partial charge < -0.3 is 9.47 Å². The maximum Gasteiger partial charge on any atom is 0.231 e. The number of aromatic nitrogens is 2. The van der Waals surface area contributed by atoms with Crippen LogP contribution in [0.2, 0.25) is 5.02 Å². The van der Waals surface area contributed by atoms with E-state index in [4.69, 9.17) is 31.0 Å². The number of ether oxygens (including phenoxy) is 2. The Labute approximate surface area is 186 Å². The monoisotopic (exact) mass is 443 g/mol. The number of benzene rings is 1. The summed E-state index contributed by atoms with van der Waals surface area (Å²) in [5, 5.41) is 1.81. The van der Waals surface area contributed by atoms with E-state index in [1.807, 2.05) is 36.5 Å². The van der Waals surface area contributed by atoms with E-state index in [2.05, 4.69) is 11.8 Å². The third-order valence-electron chi connectivity index (χ3n) is 5.98. The molecule has 0 amide bonds. The highest BCUT2D eigenvalue weighted by molar-refractivity contribution is 7.18. The lowest BCUT2D eigenvalue weighted by Crippen LogP contribution is -2.36. The average molecular weight is 444 g/mol. The second-order valence-corrected chi connectivity index (χ2v) is 9.90. The summed E-state index contributed by atoms with van der Waals surface area (Å²) < 4.78 is 11.9. The van der Waals surface area contributed by atoms with E-state index in [9.17, 15) is 0 Å². The van der Waals surface area contributed by atoms with E-state index in [1.165, 1.54) is 16.9 Å². The molecule has 0 unspecified atom stereocenters. The van der Waals surface area contributed by atoms with Crippen molar-refractivity contribution in [3.05, 3.63) is 45.1 Å². The molecular formula is C23H26ClN3O2S. The number of aryl methyl sites for hydroxylation is 2. The third-order valence-corrected chi connectivity index (χ3v) is 7.36. The molecule has 0 saturated carbocycles. The molecule has 0 spiro atoms. The Morgan fingerprint density at radius 2 is 2.10 bits per heavy atom. The maximum atomic E-state index is 6.41. The van der Waals surface area contributed by atoms with Crippen LogP contribution in [0, 0.1) is 12.8 Å². The van der Waals surface area contributed by atoms with Gasteiger partial charge in [0, 0.05) is 23.0 Å². The molecule has 1 saturated heterocycles. The van der Waals surface area contributed by atoms with Gasteiger partial charge in [0.05, 0.1) is 25.1 Å². The fourth-order valence-electron chi connectivity index (χ4n) is 4.29. The smallest absolute Gasteiger partial charge is 0.231 e. The number of hydrogen-bond donors (Lipinski definition) is 0. The molecule has 158 valence electrons. The maximum absolute atomic E-state index is 6.41. The highest BCUT2D eigenvalue weighted by Gasteiger charge is 2.25. The van der Waals surface area contributed by atoms with Crippen molar-refractivity contribution in [3.63, 3.8) is 0 Å². The molecule has 3 aromatic rings. The molecule has 1 aromatic carbocycles.